The Labute approximate surface area is 279 Å². The van der Waals surface area contributed by atoms with Crippen LogP contribution < -0.4 is 10.7 Å². The Morgan fingerprint density at radius 3 is 2.19 bits per heavy atom. The molecule has 0 unspecified atom stereocenters. The van der Waals surface area contributed by atoms with E-state index in [0.717, 1.165) is 67.3 Å². The fourth-order valence-corrected chi connectivity index (χ4v) is 5.88. The van der Waals surface area contributed by atoms with Gasteiger partial charge < -0.3 is 19.2 Å². The number of ether oxygens (including phenoxy) is 2. The topological polar surface area (TPSA) is 90.1 Å². The molecule has 4 aromatic rings. The van der Waals surface area contributed by atoms with Gasteiger partial charge in [-0.25, -0.2) is 14.6 Å². The van der Waals surface area contributed by atoms with Crippen LogP contribution in [0.25, 0.3) is 33.4 Å². The van der Waals surface area contributed by atoms with E-state index in [1.807, 2.05) is 86.6 Å². The molecule has 0 atom stereocenters. The summed E-state index contributed by atoms with van der Waals surface area (Å²) in [6.45, 7) is 11.5. The van der Waals surface area contributed by atoms with E-state index >= 15 is 0 Å². The summed E-state index contributed by atoms with van der Waals surface area (Å²) in [5.74, 6) is -0.487. The number of hydrogen-bond acceptors (Lipinski definition) is 7. The Morgan fingerprint density at radius 2 is 1.46 bits per heavy atom. The minimum absolute atomic E-state index is 0.0718. The zero-order chi connectivity index (χ0) is 33.8. The molecule has 7 heteroatoms. The molecule has 2 aliphatic rings. The van der Waals surface area contributed by atoms with Gasteiger partial charge in [0.2, 0.25) is 0 Å². The smallest absolute Gasteiger partial charge is 0.338 e. The maximum Gasteiger partial charge on any atom is 0.338 e. The molecule has 1 heterocycles. The number of carbonyl (C=O) groups excluding carboxylic acids is 2. The maximum atomic E-state index is 13.4. The van der Waals surface area contributed by atoms with Gasteiger partial charge in [0.05, 0.1) is 16.6 Å². The molecule has 0 saturated carbocycles. The predicted molar refractivity (Wildman–Crippen MR) is 190 cm³/mol. The highest BCUT2D eigenvalue weighted by Crippen LogP contribution is 2.42. The van der Waals surface area contributed by atoms with E-state index in [-0.39, 0.29) is 13.2 Å². The van der Waals surface area contributed by atoms with Gasteiger partial charge >= 0.3 is 11.9 Å². The molecule has 0 bridgehead atoms. The molecule has 0 fully saturated rings. The van der Waals surface area contributed by atoms with Crippen molar-refractivity contribution in [2.75, 3.05) is 18.5 Å². The van der Waals surface area contributed by atoms with Crippen molar-refractivity contribution in [2.45, 2.75) is 27.7 Å². The molecule has 0 amide bonds. The van der Waals surface area contributed by atoms with Gasteiger partial charge in [-0.05, 0) is 85.8 Å². The Hall–Kier alpha value is -5.95. The van der Waals surface area contributed by atoms with Gasteiger partial charge in [0.25, 0.3) is 0 Å². The van der Waals surface area contributed by atoms with Gasteiger partial charge in [0, 0.05) is 46.1 Å². The van der Waals surface area contributed by atoms with Gasteiger partial charge in [0.1, 0.15) is 24.6 Å². The number of nitrogens with zero attached hydrogens (tertiary/aromatic N) is 1. The largest absolute Gasteiger partial charge is 0.459 e. The summed E-state index contributed by atoms with van der Waals surface area (Å²) < 4.78 is 17.1. The highest BCUT2D eigenvalue weighted by atomic mass is 16.6. The maximum absolute atomic E-state index is 13.4. The third-order valence-electron chi connectivity index (χ3n) is 8.28. The molecule has 0 spiro atoms. The van der Waals surface area contributed by atoms with E-state index < -0.39 is 11.9 Å². The van der Waals surface area contributed by atoms with Gasteiger partial charge in [-0.1, -0.05) is 61.2 Å². The minimum Gasteiger partial charge on any atom is -0.459 e. The number of para-hydroxylation sites is 2. The average molecular weight is 637 g/mol. The number of anilines is 2. The van der Waals surface area contributed by atoms with Crippen molar-refractivity contribution in [3.63, 3.8) is 0 Å². The molecular formula is C41H36N2O5. The molecule has 6 rings (SSSR count). The van der Waals surface area contributed by atoms with E-state index in [1.54, 1.807) is 12.1 Å². The third-order valence-corrected chi connectivity index (χ3v) is 8.28. The van der Waals surface area contributed by atoms with Gasteiger partial charge in [0.15, 0.2) is 0 Å². The van der Waals surface area contributed by atoms with Crippen LogP contribution in [0.5, 0.6) is 0 Å². The van der Waals surface area contributed by atoms with E-state index in [4.69, 9.17) is 18.9 Å². The summed E-state index contributed by atoms with van der Waals surface area (Å²) in [4.78, 5) is 29.9. The number of fused-ring (bicyclic) bond motifs is 2. The highest BCUT2D eigenvalue weighted by Gasteiger charge is 2.22. The van der Waals surface area contributed by atoms with E-state index in [0.29, 0.717) is 22.5 Å². The van der Waals surface area contributed by atoms with Crippen molar-refractivity contribution in [3.8, 4) is 22.5 Å². The van der Waals surface area contributed by atoms with E-state index in [1.165, 1.54) is 0 Å². The van der Waals surface area contributed by atoms with Crippen molar-refractivity contribution >= 4 is 40.0 Å². The van der Waals surface area contributed by atoms with Crippen molar-refractivity contribution in [3.05, 3.63) is 143 Å². The number of hydrogen-bond donors (Lipinski definition) is 1. The molecule has 0 saturated heterocycles. The van der Waals surface area contributed by atoms with Gasteiger partial charge in [-0.2, -0.15) is 0 Å². The molecule has 48 heavy (non-hydrogen) atoms. The predicted octanol–water partition coefficient (Wildman–Crippen LogP) is 9.30. The Morgan fingerprint density at radius 1 is 0.771 bits per heavy atom. The summed E-state index contributed by atoms with van der Waals surface area (Å²) in [7, 11) is 0. The van der Waals surface area contributed by atoms with E-state index in [9.17, 15) is 9.59 Å². The first kappa shape index (κ1) is 32.0. The van der Waals surface area contributed by atoms with Crippen LogP contribution in [0.4, 0.5) is 17.1 Å². The van der Waals surface area contributed by atoms with Crippen LogP contribution in [0.15, 0.2) is 119 Å². The number of carbonyl (C=O) groups is 2. The van der Waals surface area contributed by atoms with Crippen LogP contribution in [-0.4, -0.2) is 25.2 Å². The molecular weight excluding hydrogens is 600 g/mol. The standard InChI is InChI=1S/C41H36N2O5/c1-6-37(44)46-21-22-47-41(45)32-16-8-7-15-31(32)38-33-19-17-29(42-39-25(2)11-9-12-26(39)3)23-35(33)48-36-24-30(18-20-34(36)38)43-40-27(4)13-10-14-28(40)5/h6-20,23-24,42H,1,21-22H2,2-5H3. The molecule has 240 valence electrons. The second-order valence-corrected chi connectivity index (χ2v) is 11.7. The Bertz CT molecular complexity index is 2190. The van der Waals surface area contributed by atoms with Crippen molar-refractivity contribution in [1.82, 2.24) is 0 Å². The van der Waals surface area contributed by atoms with Crippen LogP contribution >= 0.6 is 0 Å². The van der Waals surface area contributed by atoms with Crippen LogP contribution in [0.1, 0.15) is 32.6 Å². The second-order valence-electron chi connectivity index (χ2n) is 11.7. The SMILES string of the molecule is C=CC(=O)OCCOC(=O)c1ccccc1-c1c2ccc(=Nc3c(C)cccc3C)cc-2oc2cc(Nc3c(C)cccc3C)ccc12. The Balaban J connectivity index is 1.51. The normalized spacial score (nSPS) is 11.5. The summed E-state index contributed by atoms with van der Waals surface area (Å²) in [6, 6.07) is 31.5. The third kappa shape index (κ3) is 6.62. The van der Waals surface area contributed by atoms with Gasteiger partial charge in [-0.15, -0.1) is 0 Å². The first-order chi connectivity index (χ1) is 23.2. The molecule has 0 aromatic heterocycles. The zero-order valence-corrected chi connectivity index (χ0v) is 27.4. The molecule has 1 aliphatic heterocycles. The fourth-order valence-electron chi connectivity index (χ4n) is 5.88. The lowest BCUT2D eigenvalue weighted by Crippen LogP contribution is -2.13. The summed E-state index contributed by atoms with van der Waals surface area (Å²) >= 11 is 0. The van der Waals surface area contributed by atoms with Crippen LogP contribution in [0.3, 0.4) is 0 Å². The lowest BCUT2D eigenvalue weighted by molar-refractivity contribution is -0.138. The van der Waals surface area contributed by atoms with Crippen LogP contribution in [0, 0.1) is 27.7 Å². The summed E-state index contributed by atoms with van der Waals surface area (Å²) in [5, 5.41) is 5.15. The highest BCUT2D eigenvalue weighted by molar-refractivity contribution is 6.08. The number of aryl methyl sites for hydroxylation is 4. The minimum atomic E-state index is -0.576. The second kappa shape index (κ2) is 13.8. The first-order valence-electron chi connectivity index (χ1n) is 15.7. The molecule has 4 aromatic carbocycles. The Kier molecular flexibility index (Phi) is 9.21. The number of benzene rings is 5. The number of esters is 2. The lowest BCUT2D eigenvalue weighted by Gasteiger charge is -2.19. The fraction of sp³-hybridized carbons (Fsp3) is 0.146. The molecule has 0 radical (unpaired) electrons. The molecule has 1 aliphatic carbocycles. The van der Waals surface area contributed by atoms with Crippen molar-refractivity contribution in [2.24, 2.45) is 4.99 Å². The summed E-state index contributed by atoms with van der Waals surface area (Å²) in [5.41, 5.74) is 10.6. The zero-order valence-electron chi connectivity index (χ0n) is 27.4. The van der Waals surface area contributed by atoms with Crippen molar-refractivity contribution in [1.29, 1.82) is 0 Å². The summed E-state index contributed by atoms with van der Waals surface area (Å²) in [6.07, 6.45) is 1.07. The van der Waals surface area contributed by atoms with Crippen LogP contribution in [0.2, 0.25) is 0 Å². The molecule has 1 N–H and O–H groups in total. The van der Waals surface area contributed by atoms with Crippen LogP contribution in [-0.2, 0) is 14.3 Å². The van der Waals surface area contributed by atoms with Gasteiger partial charge in [-0.3, -0.25) is 0 Å². The van der Waals surface area contributed by atoms with Crippen molar-refractivity contribution < 1.29 is 23.5 Å². The average Bonchev–Trinajstić information content (AvgIpc) is 3.08. The van der Waals surface area contributed by atoms with E-state index in [2.05, 4.69) is 37.9 Å². The lowest BCUT2D eigenvalue weighted by atomic mass is 9.90. The molecule has 7 nitrogen and oxygen atoms in total. The number of nitrogens with one attached hydrogen (secondary N) is 1. The quantitative estimate of drug-likeness (QED) is 0.0736. The number of rotatable bonds is 9. The monoisotopic (exact) mass is 636 g/mol. The first-order valence-corrected chi connectivity index (χ1v) is 15.7.